The zero-order valence-electron chi connectivity index (χ0n) is 4.80. The van der Waals surface area contributed by atoms with E-state index >= 15 is 0 Å². The van der Waals surface area contributed by atoms with Crippen LogP contribution in [-0.4, -0.2) is 10.7 Å². The van der Waals surface area contributed by atoms with Crippen molar-refractivity contribution in [3.05, 3.63) is 12.2 Å². The Morgan fingerprint density at radius 1 is 1.62 bits per heavy atom. The molecule has 2 atom stereocenters. The summed E-state index contributed by atoms with van der Waals surface area (Å²) in [5, 5.41) is 9.45. The van der Waals surface area contributed by atoms with Gasteiger partial charge in [0.05, 0.1) is 5.60 Å². The summed E-state index contributed by atoms with van der Waals surface area (Å²) in [6, 6.07) is 0. The van der Waals surface area contributed by atoms with Gasteiger partial charge in [-0.15, -0.1) is 0 Å². The average Bonchev–Trinajstić information content (AvgIpc) is 2.21. The molecule has 0 saturated heterocycles. The quantitative estimate of drug-likeness (QED) is 0.463. The van der Waals surface area contributed by atoms with Gasteiger partial charge in [0.25, 0.3) is 0 Å². The van der Waals surface area contributed by atoms with Crippen molar-refractivity contribution in [2.24, 2.45) is 5.92 Å². The highest BCUT2D eigenvalue weighted by Gasteiger charge is 2.38. The Balaban J connectivity index is 2.33. The molecular formula is C7H10O. The molecule has 1 fully saturated rings. The van der Waals surface area contributed by atoms with Crippen LogP contribution in [0, 0.1) is 5.92 Å². The topological polar surface area (TPSA) is 20.2 Å². The van der Waals surface area contributed by atoms with Crippen molar-refractivity contribution in [1.82, 2.24) is 0 Å². The fourth-order valence-corrected chi connectivity index (χ4v) is 1.72. The fraction of sp³-hybridized carbons (Fsp3) is 0.714. The fourth-order valence-electron chi connectivity index (χ4n) is 1.72. The Labute approximate surface area is 49.0 Å². The van der Waals surface area contributed by atoms with E-state index in [-0.39, 0.29) is 5.60 Å². The van der Waals surface area contributed by atoms with Gasteiger partial charge in [0.15, 0.2) is 0 Å². The highest BCUT2D eigenvalue weighted by molar-refractivity contribution is 5.16. The molecule has 1 unspecified atom stereocenters. The van der Waals surface area contributed by atoms with Crippen molar-refractivity contribution in [2.75, 3.05) is 0 Å². The van der Waals surface area contributed by atoms with Crippen LogP contribution in [0.3, 0.4) is 0 Å². The molecule has 0 aromatic carbocycles. The largest absolute Gasteiger partial charge is 0.386 e. The van der Waals surface area contributed by atoms with E-state index in [1.807, 2.05) is 6.08 Å². The first-order valence-electron chi connectivity index (χ1n) is 3.20. The van der Waals surface area contributed by atoms with E-state index in [4.69, 9.17) is 0 Å². The smallest absolute Gasteiger partial charge is 0.0833 e. The minimum Gasteiger partial charge on any atom is -0.386 e. The van der Waals surface area contributed by atoms with Gasteiger partial charge in [-0.25, -0.2) is 0 Å². The second kappa shape index (κ2) is 1.16. The minimum atomic E-state index is -0.370. The van der Waals surface area contributed by atoms with Gasteiger partial charge in [0, 0.05) is 0 Å². The van der Waals surface area contributed by atoms with Gasteiger partial charge >= 0.3 is 0 Å². The predicted molar refractivity (Wildman–Crippen MR) is 31.4 cm³/mol. The SMILES string of the molecule is O[C@]12C=CC(CC1)C2. The lowest BCUT2D eigenvalue weighted by atomic mass is 10.0. The monoisotopic (exact) mass is 110 g/mol. The Hall–Kier alpha value is -0.300. The third kappa shape index (κ3) is 0.451. The van der Waals surface area contributed by atoms with Crippen LogP contribution in [0.5, 0.6) is 0 Å². The van der Waals surface area contributed by atoms with Crippen LogP contribution in [0.1, 0.15) is 19.3 Å². The van der Waals surface area contributed by atoms with E-state index in [2.05, 4.69) is 6.08 Å². The molecule has 1 N–H and O–H groups in total. The summed E-state index contributed by atoms with van der Waals surface area (Å²) in [5.74, 6) is 0.708. The molecule has 1 saturated carbocycles. The molecule has 2 rings (SSSR count). The summed E-state index contributed by atoms with van der Waals surface area (Å²) in [4.78, 5) is 0. The van der Waals surface area contributed by atoms with E-state index < -0.39 is 0 Å². The van der Waals surface area contributed by atoms with E-state index in [9.17, 15) is 5.11 Å². The minimum absolute atomic E-state index is 0.370. The second-order valence-electron chi connectivity index (χ2n) is 2.97. The Morgan fingerprint density at radius 2 is 2.50 bits per heavy atom. The number of aliphatic hydroxyl groups is 1. The Kier molecular flexibility index (Phi) is 0.662. The Bertz CT molecular complexity index is 139. The van der Waals surface area contributed by atoms with Crippen LogP contribution in [0.25, 0.3) is 0 Å². The van der Waals surface area contributed by atoms with Gasteiger partial charge in [-0.05, 0) is 25.2 Å². The van der Waals surface area contributed by atoms with Crippen LogP contribution < -0.4 is 0 Å². The second-order valence-corrected chi connectivity index (χ2v) is 2.97. The molecule has 1 nitrogen and oxygen atoms in total. The molecule has 0 spiro atoms. The summed E-state index contributed by atoms with van der Waals surface area (Å²) < 4.78 is 0. The molecule has 2 bridgehead atoms. The van der Waals surface area contributed by atoms with E-state index in [1.165, 1.54) is 6.42 Å². The van der Waals surface area contributed by atoms with Gasteiger partial charge in [0.2, 0.25) is 0 Å². The van der Waals surface area contributed by atoms with Crippen LogP contribution in [0.4, 0.5) is 0 Å². The lowest BCUT2D eigenvalue weighted by Crippen LogP contribution is -2.17. The summed E-state index contributed by atoms with van der Waals surface area (Å²) >= 11 is 0. The normalized spacial score (nSPS) is 50.9. The maximum absolute atomic E-state index is 9.45. The molecule has 0 radical (unpaired) electrons. The number of fused-ring (bicyclic) bond motifs is 2. The molecular weight excluding hydrogens is 100 g/mol. The van der Waals surface area contributed by atoms with Gasteiger partial charge in [-0.2, -0.15) is 0 Å². The molecule has 2 aliphatic rings. The zero-order chi connectivity index (χ0) is 5.61. The lowest BCUT2D eigenvalue weighted by molar-refractivity contribution is 0.103. The molecule has 0 aromatic heterocycles. The van der Waals surface area contributed by atoms with Gasteiger partial charge < -0.3 is 5.11 Å². The molecule has 0 aromatic rings. The summed E-state index contributed by atoms with van der Waals surface area (Å²) in [5.41, 5.74) is -0.370. The van der Waals surface area contributed by atoms with Crippen molar-refractivity contribution in [1.29, 1.82) is 0 Å². The average molecular weight is 110 g/mol. The summed E-state index contributed by atoms with van der Waals surface area (Å²) in [7, 11) is 0. The first-order valence-corrected chi connectivity index (χ1v) is 3.20. The number of rotatable bonds is 0. The number of hydrogen-bond acceptors (Lipinski definition) is 1. The van der Waals surface area contributed by atoms with E-state index in [1.54, 1.807) is 0 Å². The van der Waals surface area contributed by atoms with Crippen LogP contribution >= 0.6 is 0 Å². The van der Waals surface area contributed by atoms with Crippen molar-refractivity contribution in [2.45, 2.75) is 24.9 Å². The molecule has 0 heterocycles. The Morgan fingerprint density at radius 3 is 2.62 bits per heavy atom. The molecule has 0 amide bonds. The standard InChI is InChI=1S/C7H10O/c8-7-3-1-6(5-7)2-4-7/h1,3,6,8H,2,4-5H2/t6?,7-/m1/s1. The van der Waals surface area contributed by atoms with Crippen LogP contribution in [0.2, 0.25) is 0 Å². The summed E-state index contributed by atoms with van der Waals surface area (Å²) in [6.07, 6.45) is 7.29. The maximum Gasteiger partial charge on any atom is 0.0833 e. The van der Waals surface area contributed by atoms with E-state index in [0.29, 0.717) is 5.92 Å². The zero-order valence-corrected chi connectivity index (χ0v) is 4.80. The van der Waals surface area contributed by atoms with Gasteiger partial charge in [0.1, 0.15) is 0 Å². The highest BCUT2D eigenvalue weighted by Crippen LogP contribution is 2.41. The lowest BCUT2D eigenvalue weighted by Gasteiger charge is -2.13. The van der Waals surface area contributed by atoms with Crippen LogP contribution in [0.15, 0.2) is 12.2 Å². The van der Waals surface area contributed by atoms with Crippen molar-refractivity contribution >= 4 is 0 Å². The number of allylic oxidation sites excluding steroid dienone is 1. The molecule has 0 aliphatic heterocycles. The maximum atomic E-state index is 9.45. The van der Waals surface area contributed by atoms with Gasteiger partial charge in [-0.3, -0.25) is 0 Å². The molecule has 1 heteroatoms. The third-order valence-electron chi connectivity index (χ3n) is 2.24. The number of hydrogen-bond donors (Lipinski definition) is 1. The molecule has 44 valence electrons. The first-order chi connectivity index (χ1) is 3.79. The molecule has 2 aliphatic carbocycles. The van der Waals surface area contributed by atoms with E-state index in [0.717, 1.165) is 12.8 Å². The van der Waals surface area contributed by atoms with Crippen LogP contribution in [-0.2, 0) is 0 Å². The third-order valence-corrected chi connectivity index (χ3v) is 2.24. The summed E-state index contributed by atoms with van der Waals surface area (Å²) in [6.45, 7) is 0. The predicted octanol–water partition coefficient (Wildman–Crippen LogP) is 1.09. The van der Waals surface area contributed by atoms with Crippen molar-refractivity contribution in [3.63, 3.8) is 0 Å². The van der Waals surface area contributed by atoms with Crippen molar-refractivity contribution < 1.29 is 5.11 Å². The first kappa shape index (κ1) is 4.57. The van der Waals surface area contributed by atoms with Crippen molar-refractivity contribution in [3.8, 4) is 0 Å². The molecule has 8 heavy (non-hydrogen) atoms. The highest BCUT2D eigenvalue weighted by atomic mass is 16.3. The van der Waals surface area contributed by atoms with Gasteiger partial charge in [-0.1, -0.05) is 12.2 Å².